The van der Waals surface area contributed by atoms with Gasteiger partial charge in [0.05, 0.1) is 17.1 Å². The second kappa shape index (κ2) is 5.41. The van der Waals surface area contributed by atoms with Crippen molar-refractivity contribution in [3.05, 3.63) is 33.9 Å². The number of carbonyl (C=O) groups excluding carboxylic acids is 1. The Bertz CT molecular complexity index is 540. The van der Waals surface area contributed by atoms with E-state index in [1.54, 1.807) is 0 Å². The third-order valence-corrected chi connectivity index (χ3v) is 3.14. The van der Waals surface area contributed by atoms with Gasteiger partial charge >= 0.3 is 0 Å². The minimum absolute atomic E-state index is 0.0720. The van der Waals surface area contributed by atoms with E-state index >= 15 is 0 Å². The highest BCUT2D eigenvalue weighted by Gasteiger charge is 2.35. The monoisotopic (exact) mass is 282 g/mol. The fraction of sp³-hybridized carbons (Fsp3) is 0.364. The number of anilines is 1. The zero-order chi connectivity index (χ0) is 14.9. The molecule has 2 unspecified atom stereocenters. The predicted molar refractivity (Wildman–Crippen MR) is 68.8 cm³/mol. The van der Waals surface area contributed by atoms with Crippen LogP contribution in [0.15, 0.2) is 18.2 Å². The number of nitro groups is 1. The minimum Gasteiger partial charge on any atom is -0.388 e. The number of nitrogens with zero attached hydrogens (tertiary/aromatic N) is 2. The molecule has 2 rings (SSSR count). The Hall–Kier alpha value is -2.23. The van der Waals surface area contributed by atoms with Crippen LogP contribution in [0.3, 0.4) is 0 Å². The van der Waals surface area contributed by atoms with Crippen LogP contribution in [0.4, 0.5) is 11.4 Å². The molecule has 1 amide bonds. The number of carbonyl (C=O) groups is 1. The summed E-state index contributed by atoms with van der Waals surface area (Å²) < 4.78 is 0. The van der Waals surface area contributed by atoms with Crippen molar-refractivity contribution in [3.8, 4) is 0 Å². The van der Waals surface area contributed by atoms with E-state index in [4.69, 9.17) is 5.84 Å². The molecule has 0 spiro atoms. The largest absolute Gasteiger partial charge is 0.388 e. The van der Waals surface area contributed by atoms with Crippen molar-refractivity contribution in [2.45, 2.75) is 12.2 Å². The van der Waals surface area contributed by atoms with Crippen LogP contribution in [-0.4, -0.2) is 51.2 Å². The first-order valence-electron chi connectivity index (χ1n) is 5.84. The van der Waals surface area contributed by atoms with Gasteiger partial charge in [-0.1, -0.05) is 0 Å². The molecule has 9 heteroatoms. The lowest BCUT2D eigenvalue weighted by atomic mass is 10.1. The van der Waals surface area contributed by atoms with Gasteiger partial charge in [-0.25, -0.2) is 0 Å². The van der Waals surface area contributed by atoms with Gasteiger partial charge < -0.3 is 20.5 Å². The first-order chi connectivity index (χ1) is 9.43. The number of hydrogen-bond donors (Lipinski definition) is 4. The van der Waals surface area contributed by atoms with Gasteiger partial charge in [0.1, 0.15) is 5.56 Å². The Morgan fingerprint density at radius 1 is 1.40 bits per heavy atom. The topological polar surface area (TPSA) is 142 Å². The predicted octanol–water partition coefficient (Wildman–Crippen LogP) is -0.942. The quantitative estimate of drug-likeness (QED) is 0.318. The van der Waals surface area contributed by atoms with Crippen LogP contribution in [0.25, 0.3) is 0 Å². The van der Waals surface area contributed by atoms with E-state index in [0.717, 1.165) is 4.90 Å². The summed E-state index contributed by atoms with van der Waals surface area (Å²) in [4.78, 5) is 23.7. The maximum absolute atomic E-state index is 12.3. The van der Waals surface area contributed by atoms with E-state index in [2.05, 4.69) is 5.43 Å². The fourth-order valence-electron chi connectivity index (χ4n) is 2.06. The first kappa shape index (κ1) is 14.2. The van der Waals surface area contributed by atoms with Gasteiger partial charge in [0.15, 0.2) is 0 Å². The number of hydrazine groups is 1. The number of nitrogens with one attached hydrogen (secondary N) is 1. The molecule has 1 saturated heterocycles. The summed E-state index contributed by atoms with van der Waals surface area (Å²) in [7, 11) is 0. The van der Waals surface area contributed by atoms with Gasteiger partial charge in [-0.15, -0.1) is 0 Å². The number of nitrogen functional groups attached to an aromatic ring is 1. The number of rotatable bonds is 3. The molecule has 5 N–H and O–H groups in total. The molecule has 20 heavy (non-hydrogen) atoms. The number of hydrogen-bond acceptors (Lipinski definition) is 7. The minimum atomic E-state index is -1.05. The third-order valence-electron chi connectivity index (χ3n) is 3.14. The molecule has 2 atom stereocenters. The summed E-state index contributed by atoms with van der Waals surface area (Å²) in [5.41, 5.74) is 2.15. The van der Waals surface area contributed by atoms with Crippen LogP contribution in [0, 0.1) is 10.1 Å². The summed E-state index contributed by atoms with van der Waals surface area (Å²) >= 11 is 0. The summed E-state index contributed by atoms with van der Waals surface area (Å²) in [5.74, 6) is 4.58. The molecule has 108 valence electrons. The number of aliphatic hydroxyl groups excluding tert-OH is 2. The highest BCUT2D eigenvalue weighted by Crippen LogP contribution is 2.25. The lowest BCUT2D eigenvalue weighted by Crippen LogP contribution is -2.30. The lowest BCUT2D eigenvalue weighted by molar-refractivity contribution is -0.385. The number of nitrogens with two attached hydrogens (primary N) is 1. The van der Waals surface area contributed by atoms with Crippen LogP contribution in [0.1, 0.15) is 10.4 Å². The Morgan fingerprint density at radius 3 is 2.50 bits per heavy atom. The normalized spacial score (nSPS) is 21.9. The molecule has 1 heterocycles. The molecule has 0 radical (unpaired) electrons. The van der Waals surface area contributed by atoms with Crippen LogP contribution >= 0.6 is 0 Å². The molecule has 1 aromatic carbocycles. The van der Waals surface area contributed by atoms with Crippen molar-refractivity contribution in [2.24, 2.45) is 5.84 Å². The van der Waals surface area contributed by atoms with Crippen molar-refractivity contribution in [1.29, 1.82) is 0 Å². The molecular formula is C11H14N4O5. The number of aliphatic hydroxyl groups is 2. The van der Waals surface area contributed by atoms with E-state index in [-0.39, 0.29) is 24.3 Å². The highest BCUT2D eigenvalue weighted by atomic mass is 16.6. The Morgan fingerprint density at radius 2 is 2.00 bits per heavy atom. The number of amides is 1. The van der Waals surface area contributed by atoms with Crippen molar-refractivity contribution in [2.75, 3.05) is 18.5 Å². The number of β-amino-alcohol motifs (C(OH)–C–C–N with tert-alkyl or cyclic N) is 2. The standard InChI is InChI=1S/C11H14N4O5/c12-13-6-1-2-8(15(19)20)7(3-6)11(18)14-4-9(16)10(17)5-14/h1-3,9-10,13,16-17H,4-5,12H2. The highest BCUT2D eigenvalue weighted by molar-refractivity contribution is 5.99. The van der Waals surface area contributed by atoms with E-state index in [0.29, 0.717) is 5.69 Å². The fourth-order valence-corrected chi connectivity index (χ4v) is 2.06. The van der Waals surface area contributed by atoms with E-state index in [9.17, 15) is 25.1 Å². The second-order valence-corrected chi connectivity index (χ2v) is 4.48. The zero-order valence-corrected chi connectivity index (χ0v) is 10.4. The van der Waals surface area contributed by atoms with Gasteiger partial charge in [-0.2, -0.15) is 0 Å². The number of benzene rings is 1. The molecular weight excluding hydrogens is 268 g/mol. The average Bonchev–Trinajstić information content (AvgIpc) is 2.77. The van der Waals surface area contributed by atoms with Crippen LogP contribution in [0.5, 0.6) is 0 Å². The zero-order valence-electron chi connectivity index (χ0n) is 10.4. The van der Waals surface area contributed by atoms with Crippen molar-refractivity contribution in [3.63, 3.8) is 0 Å². The maximum Gasteiger partial charge on any atom is 0.282 e. The van der Waals surface area contributed by atoms with Gasteiger partial charge in [0, 0.05) is 24.8 Å². The van der Waals surface area contributed by atoms with Gasteiger partial charge in [-0.05, 0) is 12.1 Å². The number of nitro benzene ring substituents is 1. The van der Waals surface area contributed by atoms with Crippen LogP contribution < -0.4 is 11.3 Å². The maximum atomic E-state index is 12.3. The second-order valence-electron chi connectivity index (χ2n) is 4.48. The van der Waals surface area contributed by atoms with Crippen molar-refractivity contribution < 1.29 is 19.9 Å². The summed E-state index contributed by atoms with van der Waals surface area (Å²) in [6.07, 6.45) is -2.09. The number of likely N-dealkylation sites (tertiary alicyclic amines) is 1. The summed E-state index contributed by atoms with van der Waals surface area (Å²) in [6.45, 7) is -0.144. The van der Waals surface area contributed by atoms with E-state index in [1.165, 1.54) is 18.2 Å². The summed E-state index contributed by atoms with van der Waals surface area (Å²) in [5, 5.41) is 29.8. The Balaban J connectivity index is 2.35. The van der Waals surface area contributed by atoms with Gasteiger partial charge in [0.2, 0.25) is 0 Å². The molecule has 0 saturated carbocycles. The molecule has 0 bridgehead atoms. The molecule has 1 fully saturated rings. The third kappa shape index (κ3) is 2.54. The lowest BCUT2D eigenvalue weighted by Gasteiger charge is -2.15. The Labute approximate surface area is 113 Å². The molecule has 0 aromatic heterocycles. The van der Waals surface area contributed by atoms with Gasteiger partial charge in [0.25, 0.3) is 11.6 Å². The molecule has 9 nitrogen and oxygen atoms in total. The average molecular weight is 282 g/mol. The van der Waals surface area contributed by atoms with Crippen LogP contribution in [-0.2, 0) is 0 Å². The van der Waals surface area contributed by atoms with Crippen molar-refractivity contribution in [1.82, 2.24) is 4.90 Å². The molecule has 1 aliphatic rings. The van der Waals surface area contributed by atoms with Crippen molar-refractivity contribution >= 4 is 17.3 Å². The molecule has 1 aliphatic heterocycles. The van der Waals surface area contributed by atoms with E-state index < -0.39 is 23.0 Å². The Kier molecular flexibility index (Phi) is 3.84. The summed E-state index contributed by atoms with van der Waals surface area (Å²) in [6, 6.07) is 3.81. The van der Waals surface area contributed by atoms with E-state index in [1.807, 2.05) is 0 Å². The van der Waals surface area contributed by atoms with Crippen LogP contribution in [0.2, 0.25) is 0 Å². The molecule has 0 aliphatic carbocycles. The smallest absolute Gasteiger partial charge is 0.282 e. The van der Waals surface area contributed by atoms with Gasteiger partial charge in [-0.3, -0.25) is 20.8 Å². The SMILES string of the molecule is NNc1ccc([N+](=O)[O-])c(C(=O)N2CC(O)C(O)C2)c1. The molecule has 1 aromatic rings. The first-order valence-corrected chi connectivity index (χ1v) is 5.84.